The van der Waals surface area contributed by atoms with E-state index < -0.39 is 0 Å². The fourth-order valence-electron chi connectivity index (χ4n) is 6.10. The first kappa shape index (κ1) is 22.6. The van der Waals surface area contributed by atoms with Gasteiger partial charge in [0.2, 0.25) is 0 Å². The molecule has 164 valence electrons. The lowest BCUT2D eigenvalue weighted by atomic mass is 9.72. The van der Waals surface area contributed by atoms with Crippen molar-refractivity contribution < 1.29 is 9.47 Å². The minimum Gasteiger partial charge on any atom is -0.375 e. The van der Waals surface area contributed by atoms with Gasteiger partial charge in [0, 0.05) is 0 Å². The number of ether oxygens (including phenoxy) is 2. The van der Waals surface area contributed by atoms with E-state index in [0.717, 1.165) is 17.8 Å². The van der Waals surface area contributed by atoms with E-state index in [4.69, 9.17) is 9.47 Å². The first-order valence-electron chi connectivity index (χ1n) is 13.0. The van der Waals surface area contributed by atoms with Crippen LogP contribution in [0.4, 0.5) is 0 Å². The van der Waals surface area contributed by atoms with Crippen molar-refractivity contribution >= 4 is 0 Å². The molecule has 0 spiro atoms. The molecular weight excluding hydrogens is 344 g/mol. The van der Waals surface area contributed by atoms with Gasteiger partial charge in [-0.1, -0.05) is 33.6 Å². The second kappa shape index (κ2) is 11.9. The van der Waals surface area contributed by atoms with Gasteiger partial charge in [0.15, 0.2) is 0 Å². The zero-order chi connectivity index (χ0) is 19.8. The Bertz CT molecular complexity index is 374. The van der Waals surface area contributed by atoms with Gasteiger partial charge < -0.3 is 9.47 Å². The van der Waals surface area contributed by atoms with Crippen LogP contribution in [0.25, 0.3) is 0 Å². The highest BCUT2D eigenvalue weighted by Crippen LogP contribution is 2.40. The maximum absolute atomic E-state index is 6.50. The summed E-state index contributed by atoms with van der Waals surface area (Å²) < 4.78 is 13.0. The summed E-state index contributed by atoms with van der Waals surface area (Å²) >= 11 is 0. The van der Waals surface area contributed by atoms with Crippen LogP contribution in [-0.2, 0) is 9.47 Å². The largest absolute Gasteiger partial charge is 0.375 e. The lowest BCUT2D eigenvalue weighted by molar-refractivity contribution is -0.0671. The molecule has 0 aliphatic heterocycles. The molecule has 1 atom stereocenters. The smallest absolute Gasteiger partial charge is 0.0579 e. The van der Waals surface area contributed by atoms with Gasteiger partial charge >= 0.3 is 0 Å². The number of rotatable bonds is 9. The number of hydrogen-bond donors (Lipinski definition) is 0. The average molecular weight is 393 g/mol. The van der Waals surface area contributed by atoms with E-state index in [1.165, 1.54) is 103 Å². The van der Waals surface area contributed by atoms with Crippen LogP contribution >= 0.6 is 0 Å². The van der Waals surface area contributed by atoms with Crippen molar-refractivity contribution in [3.63, 3.8) is 0 Å². The van der Waals surface area contributed by atoms with Crippen molar-refractivity contribution in [1.29, 1.82) is 0 Å². The Morgan fingerprint density at radius 2 is 1.18 bits per heavy atom. The highest BCUT2D eigenvalue weighted by Gasteiger charge is 2.33. The lowest BCUT2D eigenvalue weighted by Crippen LogP contribution is -2.33. The van der Waals surface area contributed by atoms with Crippen LogP contribution in [-0.4, -0.2) is 24.4 Å². The molecule has 3 aliphatic carbocycles. The van der Waals surface area contributed by atoms with Gasteiger partial charge in [0.1, 0.15) is 0 Å². The van der Waals surface area contributed by atoms with Gasteiger partial charge in [-0.2, -0.15) is 0 Å². The second-order valence-corrected chi connectivity index (χ2v) is 10.4. The van der Waals surface area contributed by atoms with Gasteiger partial charge in [-0.15, -0.1) is 0 Å². The molecule has 2 heteroatoms. The van der Waals surface area contributed by atoms with Gasteiger partial charge in [-0.3, -0.25) is 0 Å². The molecule has 0 N–H and O–H groups in total. The first-order chi connectivity index (χ1) is 13.7. The van der Waals surface area contributed by atoms with E-state index in [1.807, 2.05) is 0 Å². The third kappa shape index (κ3) is 7.01. The van der Waals surface area contributed by atoms with Crippen molar-refractivity contribution in [1.82, 2.24) is 0 Å². The molecular formula is C26H48O2. The Labute approximate surface area is 175 Å². The Kier molecular flexibility index (Phi) is 9.64. The van der Waals surface area contributed by atoms with E-state index in [9.17, 15) is 0 Å². The van der Waals surface area contributed by atoms with E-state index in [1.54, 1.807) is 0 Å². The molecule has 3 rings (SSSR count). The number of unbranched alkanes of at least 4 members (excludes halogenated alkanes) is 1. The molecule has 0 aromatic heterocycles. The summed E-state index contributed by atoms with van der Waals surface area (Å²) in [5.74, 6) is 2.86. The highest BCUT2D eigenvalue weighted by atomic mass is 16.5. The van der Waals surface area contributed by atoms with Crippen LogP contribution in [0.3, 0.4) is 0 Å². The highest BCUT2D eigenvalue weighted by molar-refractivity contribution is 4.84. The third-order valence-corrected chi connectivity index (χ3v) is 8.17. The van der Waals surface area contributed by atoms with Gasteiger partial charge in [0.25, 0.3) is 0 Å². The Hall–Kier alpha value is -0.0800. The third-order valence-electron chi connectivity index (χ3n) is 8.17. The van der Waals surface area contributed by atoms with Gasteiger partial charge in [0.05, 0.1) is 24.4 Å². The van der Waals surface area contributed by atoms with E-state index in [0.29, 0.717) is 24.4 Å². The summed E-state index contributed by atoms with van der Waals surface area (Å²) in [4.78, 5) is 0. The van der Waals surface area contributed by atoms with Crippen LogP contribution in [0.5, 0.6) is 0 Å². The molecule has 0 bridgehead atoms. The molecule has 0 saturated heterocycles. The fourth-order valence-corrected chi connectivity index (χ4v) is 6.10. The normalized spacial score (nSPS) is 38.2. The van der Waals surface area contributed by atoms with Crippen molar-refractivity contribution in [3.05, 3.63) is 0 Å². The standard InChI is InChI=1S/C26H48O2/c1-4-6-7-23(5-2)27-25-16-10-21(11-17-25)22-12-18-26(19-13-22)28-24-14-8-20(3)9-15-24/h20-26H,4-19H2,1-3H3. The SMILES string of the molecule is CCCCC(CC)OC1CCC(C2CCC(OC3CCC(C)CC3)CC2)CC1. The maximum atomic E-state index is 6.50. The molecule has 0 radical (unpaired) electrons. The van der Waals surface area contributed by atoms with Gasteiger partial charge in [-0.25, -0.2) is 0 Å². The molecule has 0 aromatic carbocycles. The van der Waals surface area contributed by atoms with E-state index in [2.05, 4.69) is 20.8 Å². The molecule has 0 heterocycles. The molecule has 28 heavy (non-hydrogen) atoms. The van der Waals surface area contributed by atoms with Crippen LogP contribution < -0.4 is 0 Å². The zero-order valence-corrected chi connectivity index (χ0v) is 19.2. The fraction of sp³-hybridized carbons (Fsp3) is 1.00. The summed E-state index contributed by atoms with van der Waals surface area (Å²) in [5, 5.41) is 0. The predicted octanol–water partition coefficient (Wildman–Crippen LogP) is 7.68. The second-order valence-electron chi connectivity index (χ2n) is 10.4. The van der Waals surface area contributed by atoms with Crippen LogP contribution in [0, 0.1) is 17.8 Å². The van der Waals surface area contributed by atoms with Crippen LogP contribution in [0.15, 0.2) is 0 Å². The van der Waals surface area contributed by atoms with Gasteiger partial charge in [-0.05, 0) is 108 Å². The monoisotopic (exact) mass is 392 g/mol. The Morgan fingerprint density at radius 1 is 0.679 bits per heavy atom. The summed E-state index contributed by atoms with van der Waals surface area (Å²) in [6.07, 6.45) is 23.5. The molecule has 3 aliphatic rings. The maximum Gasteiger partial charge on any atom is 0.0579 e. The molecule has 0 aromatic rings. The Balaban J connectivity index is 1.31. The van der Waals surface area contributed by atoms with E-state index >= 15 is 0 Å². The zero-order valence-electron chi connectivity index (χ0n) is 19.2. The minimum atomic E-state index is 0.511. The van der Waals surface area contributed by atoms with Crippen molar-refractivity contribution in [2.75, 3.05) is 0 Å². The average Bonchev–Trinajstić information content (AvgIpc) is 2.74. The predicted molar refractivity (Wildman–Crippen MR) is 119 cm³/mol. The van der Waals surface area contributed by atoms with Crippen molar-refractivity contribution in [3.8, 4) is 0 Å². The molecule has 3 saturated carbocycles. The molecule has 1 unspecified atom stereocenters. The van der Waals surface area contributed by atoms with Crippen molar-refractivity contribution in [2.24, 2.45) is 17.8 Å². The lowest BCUT2D eigenvalue weighted by Gasteiger charge is -2.39. The van der Waals surface area contributed by atoms with Crippen molar-refractivity contribution in [2.45, 2.75) is 148 Å². The quantitative estimate of drug-likeness (QED) is 0.400. The minimum absolute atomic E-state index is 0.511. The molecule has 2 nitrogen and oxygen atoms in total. The first-order valence-corrected chi connectivity index (χ1v) is 13.0. The number of hydrogen-bond acceptors (Lipinski definition) is 2. The topological polar surface area (TPSA) is 18.5 Å². The van der Waals surface area contributed by atoms with Crippen LogP contribution in [0.2, 0.25) is 0 Å². The summed E-state index contributed by atoms with van der Waals surface area (Å²) in [7, 11) is 0. The van der Waals surface area contributed by atoms with E-state index in [-0.39, 0.29) is 0 Å². The Morgan fingerprint density at radius 3 is 1.68 bits per heavy atom. The summed E-state index contributed by atoms with van der Waals surface area (Å²) in [6, 6.07) is 0. The molecule has 0 amide bonds. The summed E-state index contributed by atoms with van der Waals surface area (Å²) in [5.41, 5.74) is 0. The summed E-state index contributed by atoms with van der Waals surface area (Å²) in [6.45, 7) is 6.97. The molecule has 3 fully saturated rings. The van der Waals surface area contributed by atoms with Crippen LogP contribution in [0.1, 0.15) is 124 Å².